The smallest absolute Gasteiger partial charge is 0.227 e. The van der Waals surface area contributed by atoms with Crippen molar-refractivity contribution in [2.45, 2.75) is 39.0 Å². The lowest BCUT2D eigenvalue weighted by molar-refractivity contribution is -0.118. The molecule has 2 aromatic carbocycles. The number of benzene rings is 2. The fourth-order valence-corrected chi connectivity index (χ4v) is 4.20. The number of carbonyl (C=O) groups is 2. The van der Waals surface area contributed by atoms with Crippen molar-refractivity contribution in [2.24, 2.45) is 0 Å². The van der Waals surface area contributed by atoms with E-state index in [1.165, 1.54) is 24.1 Å². The maximum Gasteiger partial charge on any atom is 0.227 e. The number of amides is 1. The van der Waals surface area contributed by atoms with Gasteiger partial charge in [0, 0.05) is 49.4 Å². The number of hydrogen-bond acceptors (Lipinski definition) is 3. The summed E-state index contributed by atoms with van der Waals surface area (Å²) in [5, 5.41) is 0. The quantitative estimate of drug-likeness (QED) is 0.751. The van der Waals surface area contributed by atoms with E-state index in [1.54, 1.807) is 0 Å². The molecule has 2 aromatic rings. The normalized spacial score (nSPS) is 15.9. The second-order valence-corrected chi connectivity index (χ2v) is 7.54. The van der Waals surface area contributed by atoms with Crippen molar-refractivity contribution in [1.29, 1.82) is 0 Å². The maximum atomic E-state index is 12.7. The molecule has 1 saturated heterocycles. The van der Waals surface area contributed by atoms with Gasteiger partial charge in [0.1, 0.15) is 0 Å². The van der Waals surface area contributed by atoms with E-state index in [9.17, 15) is 9.59 Å². The van der Waals surface area contributed by atoms with Gasteiger partial charge >= 0.3 is 0 Å². The molecule has 2 aliphatic heterocycles. The molecule has 4 rings (SSSR count). The minimum atomic E-state index is 0.0459. The van der Waals surface area contributed by atoms with Gasteiger partial charge in [0.25, 0.3) is 0 Å². The van der Waals surface area contributed by atoms with Gasteiger partial charge < -0.3 is 9.80 Å². The van der Waals surface area contributed by atoms with Gasteiger partial charge in [-0.25, -0.2) is 0 Å². The second kappa shape index (κ2) is 7.55. The highest BCUT2D eigenvalue weighted by Gasteiger charge is 2.26. The third kappa shape index (κ3) is 3.61. The van der Waals surface area contributed by atoms with E-state index in [4.69, 9.17) is 0 Å². The summed E-state index contributed by atoms with van der Waals surface area (Å²) in [5.74, 6) is 0.0925. The van der Waals surface area contributed by atoms with Crippen LogP contribution in [0.25, 0.3) is 0 Å². The Morgan fingerprint density at radius 1 is 0.963 bits per heavy atom. The molecule has 4 heteroatoms. The first-order valence-electron chi connectivity index (χ1n) is 9.90. The van der Waals surface area contributed by atoms with Crippen LogP contribution in [-0.4, -0.2) is 31.3 Å². The maximum absolute atomic E-state index is 12.7. The molecule has 0 radical (unpaired) electrons. The standard InChI is InChI=1S/C23H26N2O2/c1-17-6-2-3-7-20(17)22(26)10-11-23(27)25-15-12-18-16-19(8-9-21(18)25)24-13-4-5-14-24/h2-3,6-9,16H,4-5,10-15H2,1H3. The number of hydrogen-bond donors (Lipinski definition) is 0. The average Bonchev–Trinajstić information content (AvgIpc) is 3.35. The number of rotatable bonds is 5. The molecule has 0 spiro atoms. The number of nitrogens with zero attached hydrogens (tertiary/aromatic N) is 2. The first kappa shape index (κ1) is 17.8. The summed E-state index contributed by atoms with van der Waals surface area (Å²) in [6.45, 7) is 4.91. The van der Waals surface area contributed by atoms with E-state index in [2.05, 4.69) is 23.1 Å². The minimum absolute atomic E-state index is 0.0459. The topological polar surface area (TPSA) is 40.6 Å². The van der Waals surface area contributed by atoms with Crippen LogP contribution in [0.3, 0.4) is 0 Å². The largest absolute Gasteiger partial charge is 0.372 e. The van der Waals surface area contributed by atoms with Crippen LogP contribution in [-0.2, 0) is 11.2 Å². The third-order valence-corrected chi connectivity index (χ3v) is 5.74. The molecular weight excluding hydrogens is 336 g/mol. The van der Waals surface area contributed by atoms with Crippen LogP contribution in [0.4, 0.5) is 11.4 Å². The van der Waals surface area contributed by atoms with Gasteiger partial charge in [0.2, 0.25) is 5.91 Å². The molecule has 1 amide bonds. The van der Waals surface area contributed by atoms with E-state index in [-0.39, 0.29) is 24.5 Å². The Hall–Kier alpha value is -2.62. The fraction of sp³-hybridized carbons (Fsp3) is 0.391. The first-order chi connectivity index (χ1) is 13.1. The number of anilines is 2. The van der Waals surface area contributed by atoms with Crippen molar-refractivity contribution in [3.63, 3.8) is 0 Å². The Labute approximate surface area is 160 Å². The van der Waals surface area contributed by atoms with Crippen LogP contribution in [0.15, 0.2) is 42.5 Å². The van der Waals surface area contributed by atoms with Crippen LogP contribution < -0.4 is 9.80 Å². The van der Waals surface area contributed by atoms with Crippen LogP contribution in [0.5, 0.6) is 0 Å². The van der Waals surface area contributed by atoms with Gasteiger partial charge in [-0.2, -0.15) is 0 Å². The van der Waals surface area contributed by atoms with Crippen molar-refractivity contribution in [2.75, 3.05) is 29.4 Å². The van der Waals surface area contributed by atoms with Gasteiger partial charge in [-0.05, 0) is 55.5 Å². The number of Topliss-reactive ketones (excluding diaryl/α,β-unsaturated/α-hetero) is 1. The molecular formula is C23H26N2O2. The summed E-state index contributed by atoms with van der Waals surface area (Å²) in [7, 11) is 0. The van der Waals surface area contributed by atoms with Crippen molar-refractivity contribution in [1.82, 2.24) is 0 Å². The Bertz CT molecular complexity index is 868. The molecule has 2 heterocycles. The number of aryl methyl sites for hydroxylation is 1. The lowest BCUT2D eigenvalue weighted by Gasteiger charge is -2.20. The van der Waals surface area contributed by atoms with Gasteiger partial charge in [-0.15, -0.1) is 0 Å². The Kier molecular flexibility index (Phi) is 4.97. The molecule has 0 aliphatic carbocycles. The molecule has 27 heavy (non-hydrogen) atoms. The zero-order chi connectivity index (χ0) is 18.8. The Balaban J connectivity index is 1.41. The summed E-state index contributed by atoms with van der Waals surface area (Å²) in [6, 6.07) is 14.0. The van der Waals surface area contributed by atoms with Crippen molar-refractivity contribution in [3.8, 4) is 0 Å². The summed E-state index contributed by atoms with van der Waals surface area (Å²) < 4.78 is 0. The number of ketones is 1. The predicted molar refractivity (Wildman–Crippen MR) is 109 cm³/mol. The molecule has 0 saturated carbocycles. The van der Waals surface area contributed by atoms with Crippen LogP contribution >= 0.6 is 0 Å². The van der Waals surface area contributed by atoms with E-state index in [0.717, 1.165) is 42.9 Å². The lowest BCUT2D eigenvalue weighted by atomic mass is 10.0. The number of fused-ring (bicyclic) bond motifs is 1. The van der Waals surface area contributed by atoms with Gasteiger partial charge in [0.05, 0.1) is 0 Å². The summed E-state index contributed by atoms with van der Waals surface area (Å²) in [4.78, 5) is 29.5. The zero-order valence-corrected chi connectivity index (χ0v) is 15.9. The van der Waals surface area contributed by atoms with E-state index in [1.807, 2.05) is 36.1 Å². The van der Waals surface area contributed by atoms with Gasteiger partial charge in [-0.1, -0.05) is 24.3 Å². The summed E-state index contributed by atoms with van der Waals surface area (Å²) in [5.41, 5.74) is 5.23. The molecule has 4 nitrogen and oxygen atoms in total. The molecule has 0 N–H and O–H groups in total. The zero-order valence-electron chi connectivity index (χ0n) is 15.9. The molecule has 0 bridgehead atoms. The molecule has 0 aromatic heterocycles. The summed E-state index contributed by atoms with van der Waals surface area (Å²) in [6.07, 6.45) is 3.95. The fourth-order valence-electron chi connectivity index (χ4n) is 4.20. The van der Waals surface area contributed by atoms with Gasteiger partial charge in [0.15, 0.2) is 5.78 Å². The Morgan fingerprint density at radius 3 is 2.52 bits per heavy atom. The van der Waals surface area contributed by atoms with Crippen LogP contribution in [0.1, 0.15) is 47.2 Å². The first-order valence-corrected chi connectivity index (χ1v) is 9.90. The van der Waals surface area contributed by atoms with Gasteiger partial charge in [-0.3, -0.25) is 9.59 Å². The van der Waals surface area contributed by atoms with Crippen LogP contribution in [0, 0.1) is 6.92 Å². The Morgan fingerprint density at radius 2 is 1.74 bits per heavy atom. The second-order valence-electron chi connectivity index (χ2n) is 7.54. The predicted octanol–water partition coefficient (Wildman–Crippen LogP) is 4.15. The monoisotopic (exact) mass is 362 g/mol. The molecule has 0 atom stereocenters. The minimum Gasteiger partial charge on any atom is -0.372 e. The van der Waals surface area contributed by atoms with E-state index in [0.29, 0.717) is 0 Å². The van der Waals surface area contributed by atoms with E-state index < -0.39 is 0 Å². The van der Waals surface area contributed by atoms with E-state index >= 15 is 0 Å². The SMILES string of the molecule is Cc1ccccc1C(=O)CCC(=O)N1CCc2cc(N3CCCC3)ccc21. The van der Waals surface area contributed by atoms with Crippen molar-refractivity contribution in [3.05, 3.63) is 59.2 Å². The van der Waals surface area contributed by atoms with Crippen LogP contribution in [0.2, 0.25) is 0 Å². The average molecular weight is 362 g/mol. The highest BCUT2D eigenvalue weighted by molar-refractivity contribution is 6.02. The molecule has 2 aliphatic rings. The molecule has 140 valence electrons. The lowest BCUT2D eigenvalue weighted by Crippen LogP contribution is -2.29. The summed E-state index contributed by atoms with van der Waals surface area (Å²) >= 11 is 0. The van der Waals surface area contributed by atoms with Crippen molar-refractivity contribution < 1.29 is 9.59 Å². The van der Waals surface area contributed by atoms with Crippen molar-refractivity contribution >= 4 is 23.1 Å². The number of carbonyl (C=O) groups excluding carboxylic acids is 2. The molecule has 1 fully saturated rings. The third-order valence-electron chi connectivity index (χ3n) is 5.74. The molecule has 0 unspecified atom stereocenters. The highest BCUT2D eigenvalue weighted by Crippen LogP contribution is 2.33. The highest BCUT2D eigenvalue weighted by atomic mass is 16.2.